The van der Waals surface area contributed by atoms with Crippen LogP contribution in [0.5, 0.6) is 0 Å². The van der Waals surface area contributed by atoms with E-state index in [1.807, 2.05) is 0 Å². The number of nitrogens with one attached hydrogen (secondary N) is 1. The summed E-state index contributed by atoms with van der Waals surface area (Å²) in [7, 11) is 0. The molecule has 4 heteroatoms. The van der Waals surface area contributed by atoms with Gasteiger partial charge in [0.15, 0.2) is 0 Å². The number of hydrogen-bond acceptors (Lipinski definition) is 1. The zero-order valence-electron chi connectivity index (χ0n) is 6.25. The maximum absolute atomic E-state index is 10.4. The van der Waals surface area contributed by atoms with Crippen LogP contribution in [0.25, 0.3) is 6.08 Å². The number of aromatic amines is 1. The lowest BCUT2D eigenvalue weighted by Crippen LogP contribution is -1.94. The Morgan fingerprint density at radius 2 is 2.50 bits per heavy atom. The van der Waals surface area contributed by atoms with Gasteiger partial charge in [0.05, 0.1) is 0 Å². The van der Waals surface area contributed by atoms with Crippen LogP contribution in [0.4, 0.5) is 0 Å². The molecule has 0 fully saturated rings. The summed E-state index contributed by atoms with van der Waals surface area (Å²) in [4.78, 5) is 13.0. The van der Waals surface area contributed by atoms with Crippen LogP contribution in [0, 0.1) is 0 Å². The van der Waals surface area contributed by atoms with Crippen LogP contribution in [0.1, 0.15) is 16.1 Å². The highest BCUT2D eigenvalue weighted by molar-refractivity contribution is 6.19. The van der Waals surface area contributed by atoms with Crippen molar-refractivity contribution in [2.24, 2.45) is 0 Å². The van der Waals surface area contributed by atoms with Crippen LogP contribution < -0.4 is 0 Å². The Morgan fingerprint density at radius 3 is 3.00 bits per heavy atom. The third kappa shape index (κ3) is 2.13. The molecule has 0 unspecified atom stereocenters. The molecule has 0 aliphatic carbocycles. The standard InChI is InChI=1S/C8H8ClNO2/c9-3-1-2-6-4-7(8(11)12)10-5-6/h1-2,4-5,10H,3H2,(H,11,12). The minimum atomic E-state index is -0.958. The van der Waals surface area contributed by atoms with Gasteiger partial charge < -0.3 is 10.1 Å². The van der Waals surface area contributed by atoms with Crippen LogP contribution in [-0.2, 0) is 0 Å². The Balaban J connectivity index is 2.77. The SMILES string of the molecule is O=C(O)c1cc(C=CCCl)c[nH]1. The van der Waals surface area contributed by atoms with Crippen LogP contribution >= 0.6 is 11.6 Å². The van der Waals surface area contributed by atoms with Gasteiger partial charge in [-0.25, -0.2) is 4.79 Å². The van der Waals surface area contributed by atoms with Gasteiger partial charge in [0, 0.05) is 12.1 Å². The Labute approximate surface area is 74.7 Å². The first-order chi connectivity index (χ1) is 5.74. The van der Waals surface area contributed by atoms with Crippen molar-refractivity contribution in [3.05, 3.63) is 29.6 Å². The second kappa shape index (κ2) is 3.97. The van der Waals surface area contributed by atoms with Gasteiger partial charge in [0.25, 0.3) is 0 Å². The molecule has 64 valence electrons. The Morgan fingerprint density at radius 1 is 1.75 bits per heavy atom. The van der Waals surface area contributed by atoms with Crippen LogP contribution in [0.3, 0.4) is 0 Å². The summed E-state index contributed by atoms with van der Waals surface area (Å²) in [6.45, 7) is 0. The van der Waals surface area contributed by atoms with Gasteiger partial charge >= 0.3 is 5.97 Å². The van der Waals surface area contributed by atoms with Gasteiger partial charge in [0.2, 0.25) is 0 Å². The molecule has 2 N–H and O–H groups in total. The summed E-state index contributed by atoms with van der Waals surface area (Å²) in [5.41, 5.74) is 0.997. The number of H-pyrrole nitrogens is 1. The summed E-state index contributed by atoms with van der Waals surface area (Å²) in [5, 5.41) is 8.54. The molecular weight excluding hydrogens is 178 g/mol. The van der Waals surface area contributed by atoms with Crippen LogP contribution in [0.15, 0.2) is 18.3 Å². The Bertz CT molecular complexity index is 304. The molecule has 0 saturated heterocycles. The van der Waals surface area contributed by atoms with Crippen molar-refractivity contribution in [1.29, 1.82) is 0 Å². The fourth-order valence-corrected chi connectivity index (χ4v) is 0.900. The maximum atomic E-state index is 10.4. The number of rotatable bonds is 3. The van der Waals surface area contributed by atoms with E-state index in [4.69, 9.17) is 16.7 Å². The topological polar surface area (TPSA) is 53.1 Å². The van der Waals surface area contributed by atoms with Gasteiger partial charge in [-0.3, -0.25) is 0 Å². The Kier molecular flexibility index (Phi) is 2.94. The van der Waals surface area contributed by atoms with Gasteiger partial charge in [-0.15, -0.1) is 11.6 Å². The third-order valence-corrected chi connectivity index (χ3v) is 1.51. The molecule has 0 aliphatic rings. The van der Waals surface area contributed by atoms with Crippen LogP contribution in [-0.4, -0.2) is 21.9 Å². The number of allylic oxidation sites excluding steroid dienone is 1. The molecule has 1 aromatic rings. The average Bonchev–Trinajstić information content (AvgIpc) is 2.48. The number of halogens is 1. The molecule has 0 radical (unpaired) electrons. The molecule has 12 heavy (non-hydrogen) atoms. The normalized spacial score (nSPS) is 10.8. The van der Waals surface area contributed by atoms with Crippen molar-refractivity contribution in [2.45, 2.75) is 0 Å². The van der Waals surface area contributed by atoms with Crippen LogP contribution in [0.2, 0.25) is 0 Å². The lowest BCUT2D eigenvalue weighted by molar-refractivity contribution is 0.0691. The third-order valence-electron chi connectivity index (χ3n) is 1.34. The average molecular weight is 186 g/mol. The molecule has 0 saturated carbocycles. The lowest BCUT2D eigenvalue weighted by Gasteiger charge is -1.82. The van der Waals surface area contributed by atoms with E-state index in [0.717, 1.165) is 5.56 Å². The number of aromatic carboxylic acids is 1. The van der Waals surface area contributed by atoms with Crippen molar-refractivity contribution in [3.63, 3.8) is 0 Å². The summed E-state index contributed by atoms with van der Waals surface area (Å²) >= 11 is 5.41. The molecule has 3 nitrogen and oxygen atoms in total. The number of hydrogen-bond donors (Lipinski definition) is 2. The summed E-state index contributed by atoms with van der Waals surface area (Å²) in [6, 6.07) is 1.55. The maximum Gasteiger partial charge on any atom is 0.352 e. The lowest BCUT2D eigenvalue weighted by atomic mass is 10.3. The monoisotopic (exact) mass is 185 g/mol. The van der Waals surface area contributed by atoms with E-state index in [1.165, 1.54) is 0 Å². The second-order valence-corrected chi connectivity index (χ2v) is 2.52. The van der Waals surface area contributed by atoms with Gasteiger partial charge in [0.1, 0.15) is 5.69 Å². The van der Waals surface area contributed by atoms with Gasteiger partial charge in [-0.05, 0) is 11.6 Å². The van der Waals surface area contributed by atoms with E-state index in [2.05, 4.69) is 4.98 Å². The summed E-state index contributed by atoms with van der Waals surface area (Å²) in [5.74, 6) is -0.534. The molecule has 0 bridgehead atoms. The fraction of sp³-hybridized carbons (Fsp3) is 0.125. The van der Waals surface area contributed by atoms with E-state index in [0.29, 0.717) is 5.88 Å². The number of carboxylic acids is 1. The van der Waals surface area contributed by atoms with E-state index in [9.17, 15) is 4.79 Å². The van der Waals surface area contributed by atoms with Crippen molar-refractivity contribution >= 4 is 23.6 Å². The number of carboxylic acid groups (broad SMARTS) is 1. The molecule has 0 atom stereocenters. The minimum absolute atomic E-state index is 0.184. The predicted molar refractivity (Wildman–Crippen MR) is 47.5 cm³/mol. The first-order valence-corrected chi connectivity index (χ1v) is 3.91. The smallest absolute Gasteiger partial charge is 0.352 e. The fourth-order valence-electron chi connectivity index (χ4n) is 0.811. The van der Waals surface area contributed by atoms with Crippen molar-refractivity contribution in [1.82, 2.24) is 4.98 Å². The number of carbonyl (C=O) groups is 1. The molecule has 1 heterocycles. The van der Waals surface area contributed by atoms with E-state index < -0.39 is 5.97 Å². The zero-order chi connectivity index (χ0) is 8.97. The van der Waals surface area contributed by atoms with Crippen molar-refractivity contribution < 1.29 is 9.90 Å². The molecular formula is C8H8ClNO2. The molecule has 0 spiro atoms. The quantitative estimate of drug-likeness (QED) is 0.708. The molecule has 0 aromatic carbocycles. The second-order valence-electron chi connectivity index (χ2n) is 2.21. The molecule has 1 rings (SSSR count). The van der Waals surface area contributed by atoms with E-state index >= 15 is 0 Å². The van der Waals surface area contributed by atoms with Crippen molar-refractivity contribution in [3.8, 4) is 0 Å². The van der Waals surface area contributed by atoms with Crippen molar-refractivity contribution in [2.75, 3.05) is 5.88 Å². The molecule has 0 aliphatic heterocycles. The van der Waals surface area contributed by atoms with E-state index in [-0.39, 0.29) is 5.69 Å². The minimum Gasteiger partial charge on any atom is -0.477 e. The highest BCUT2D eigenvalue weighted by atomic mass is 35.5. The molecule has 1 aromatic heterocycles. The number of alkyl halides is 1. The first-order valence-electron chi connectivity index (χ1n) is 3.38. The zero-order valence-corrected chi connectivity index (χ0v) is 7.01. The molecule has 0 amide bonds. The first kappa shape index (κ1) is 8.87. The summed E-state index contributed by atoms with van der Waals surface area (Å²) < 4.78 is 0. The van der Waals surface area contributed by atoms with Gasteiger partial charge in [-0.1, -0.05) is 12.2 Å². The highest BCUT2D eigenvalue weighted by Crippen LogP contribution is 2.05. The largest absolute Gasteiger partial charge is 0.477 e. The van der Waals surface area contributed by atoms with Gasteiger partial charge in [-0.2, -0.15) is 0 Å². The number of aromatic nitrogens is 1. The summed E-state index contributed by atoms with van der Waals surface area (Å²) in [6.07, 6.45) is 5.12. The predicted octanol–water partition coefficient (Wildman–Crippen LogP) is 1.96. The Hall–Kier alpha value is -1.22. The highest BCUT2D eigenvalue weighted by Gasteiger charge is 2.03. The van der Waals surface area contributed by atoms with E-state index in [1.54, 1.807) is 24.4 Å².